The van der Waals surface area contributed by atoms with E-state index in [9.17, 15) is 4.79 Å². The molecular weight excluding hydrogens is 262 g/mol. The quantitative estimate of drug-likeness (QED) is 0.763. The summed E-state index contributed by atoms with van der Waals surface area (Å²) in [6.07, 6.45) is 9.01. The zero-order valence-electron chi connectivity index (χ0n) is 14.1. The van der Waals surface area contributed by atoms with E-state index in [2.05, 4.69) is 23.8 Å². The lowest BCUT2D eigenvalue weighted by atomic mass is 9.94. The number of hydrogen-bond donors (Lipinski definition) is 0. The maximum atomic E-state index is 12.6. The van der Waals surface area contributed by atoms with Gasteiger partial charge in [0, 0.05) is 24.4 Å². The second-order valence-electron chi connectivity index (χ2n) is 6.56. The molecule has 0 aliphatic heterocycles. The fourth-order valence-corrected chi connectivity index (χ4v) is 2.01. The molecule has 0 unspecified atom stereocenters. The third kappa shape index (κ3) is 5.44. The van der Waals surface area contributed by atoms with Crippen LogP contribution in [0.15, 0.2) is 12.4 Å². The summed E-state index contributed by atoms with van der Waals surface area (Å²) in [5.74, 6) is 0.612. The smallest absolute Gasteiger partial charge is 0.234 e. The van der Waals surface area contributed by atoms with E-state index < -0.39 is 5.41 Å². The van der Waals surface area contributed by atoms with Gasteiger partial charge in [-0.3, -0.25) is 9.69 Å². The van der Waals surface area contributed by atoms with Gasteiger partial charge in [0.15, 0.2) is 0 Å². The molecule has 4 heteroatoms. The number of amides is 1. The molecule has 1 amide bonds. The standard InChI is InChI=1S/C17H29N3O/c1-6-8-10-14-12-18-16(19-13-14)20(11-9-7-2)15(21)17(3,4)5/h12-13H,6-11H2,1-5H3. The molecule has 0 atom stereocenters. The molecule has 0 aliphatic carbocycles. The molecule has 0 saturated heterocycles. The first-order chi connectivity index (χ1) is 9.90. The van der Waals surface area contributed by atoms with Crippen LogP contribution in [0.3, 0.4) is 0 Å². The summed E-state index contributed by atoms with van der Waals surface area (Å²) in [6.45, 7) is 10.8. The van der Waals surface area contributed by atoms with Crippen LogP contribution in [0.2, 0.25) is 0 Å². The van der Waals surface area contributed by atoms with Gasteiger partial charge < -0.3 is 0 Å². The predicted octanol–water partition coefficient (Wildman–Crippen LogP) is 4.00. The molecule has 0 N–H and O–H groups in total. The maximum absolute atomic E-state index is 12.6. The number of aryl methyl sites for hydroxylation is 1. The molecular formula is C17H29N3O. The first kappa shape index (κ1) is 17.6. The van der Waals surface area contributed by atoms with Gasteiger partial charge in [0.1, 0.15) is 0 Å². The topological polar surface area (TPSA) is 46.1 Å². The number of anilines is 1. The second-order valence-corrected chi connectivity index (χ2v) is 6.56. The Morgan fingerprint density at radius 1 is 1.10 bits per heavy atom. The number of nitrogens with zero attached hydrogens (tertiary/aromatic N) is 3. The van der Waals surface area contributed by atoms with E-state index in [-0.39, 0.29) is 5.91 Å². The van der Waals surface area contributed by atoms with Crippen molar-refractivity contribution in [2.75, 3.05) is 11.4 Å². The van der Waals surface area contributed by atoms with E-state index in [1.54, 1.807) is 4.90 Å². The highest BCUT2D eigenvalue weighted by Gasteiger charge is 2.29. The van der Waals surface area contributed by atoms with E-state index >= 15 is 0 Å². The first-order valence-electron chi connectivity index (χ1n) is 8.03. The van der Waals surface area contributed by atoms with Crippen molar-refractivity contribution in [1.82, 2.24) is 9.97 Å². The minimum absolute atomic E-state index is 0.0808. The van der Waals surface area contributed by atoms with Crippen LogP contribution in [0.25, 0.3) is 0 Å². The average Bonchev–Trinajstić information content (AvgIpc) is 2.45. The third-order valence-electron chi connectivity index (χ3n) is 3.37. The lowest BCUT2D eigenvalue weighted by molar-refractivity contribution is -0.125. The van der Waals surface area contributed by atoms with E-state index in [1.807, 2.05) is 33.2 Å². The minimum Gasteiger partial charge on any atom is -0.280 e. The molecule has 1 aromatic heterocycles. The molecule has 0 bridgehead atoms. The van der Waals surface area contributed by atoms with Gasteiger partial charge in [-0.15, -0.1) is 0 Å². The summed E-state index contributed by atoms with van der Waals surface area (Å²) in [6, 6.07) is 0. The summed E-state index contributed by atoms with van der Waals surface area (Å²) < 4.78 is 0. The Balaban J connectivity index is 2.90. The Kier molecular flexibility index (Phi) is 6.79. The molecule has 4 nitrogen and oxygen atoms in total. The zero-order valence-corrected chi connectivity index (χ0v) is 14.1. The molecule has 0 fully saturated rings. The van der Waals surface area contributed by atoms with Gasteiger partial charge in [0.25, 0.3) is 0 Å². The van der Waals surface area contributed by atoms with Crippen molar-refractivity contribution in [2.24, 2.45) is 5.41 Å². The summed E-state index contributed by atoms with van der Waals surface area (Å²) in [4.78, 5) is 23.1. The van der Waals surface area contributed by atoms with Gasteiger partial charge in [0.05, 0.1) is 0 Å². The summed E-state index contributed by atoms with van der Waals surface area (Å²) in [7, 11) is 0. The fourth-order valence-electron chi connectivity index (χ4n) is 2.01. The van der Waals surface area contributed by atoms with Crippen LogP contribution >= 0.6 is 0 Å². The first-order valence-corrected chi connectivity index (χ1v) is 8.03. The minimum atomic E-state index is -0.419. The van der Waals surface area contributed by atoms with Crippen molar-refractivity contribution in [3.8, 4) is 0 Å². The van der Waals surface area contributed by atoms with E-state index in [4.69, 9.17) is 0 Å². The van der Waals surface area contributed by atoms with Gasteiger partial charge >= 0.3 is 0 Å². The molecule has 0 aliphatic rings. The van der Waals surface area contributed by atoms with Crippen LogP contribution < -0.4 is 4.90 Å². The van der Waals surface area contributed by atoms with Crippen molar-refractivity contribution in [3.05, 3.63) is 18.0 Å². The zero-order chi connectivity index (χ0) is 15.9. The Labute approximate surface area is 129 Å². The molecule has 1 heterocycles. The summed E-state index contributed by atoms with van der Waals surface area (Å²) in [5.41, 5.74) is 0.720. The van der Waals surface area contributed by atoms with Gasteiger partial charge in [-0.2, -0.15) is 0 Å². The van der Waals surface area contributed by atoms with Gasteiger partial charge in [-0.05, 0) is 24.8 Å². The van der Waals surface area contributed by atoms with Crippen molar-refractivity contribution >= 4 is 11.9 Å². The number of unbranched alkanes of at least 4 members (excludes halogenated alkanes) is 2. The molecule has 0 spiro atoms. The van der Waals surface area contributed by atoms with Crippen LogP contribution in [0.4, 0.5) is 5.95 Å². The average molecular weight is 291 g/mol. The Bertz CT molecular complexity index is 434. The summed E-state index contributed by atoms with van der Waals surface area (Å²) in [5, 5.41) is 0. The SMILES string of the molecule is CCCCc1cnc(N(CCCC)C(=O)C(C)(C)C)nc1. The van der Waals surface area contributed by atoms with E-state index in [0.717, 1.165) is 37.7 Å². The third-order valence-corrected chi connectivity index (χ3v) is 3.37. The number of aromatic nitrogens is 2. The lowest BCUT2D eigenvalue weighted by Crippen LogP contribution is -2.41. The second kappa shape index (κ2) is 8.11. The molecule has 0 saturated carbocycles. The Morgan fingerprint density at radius 2 is 1.67 bits per heavy atom. The van der Waals surface area contributed by atoms with Gasteiger partial charge in [-0.25, -0.2) is 9.97 Å². The fraction of sp³-hybridized carbons (Fsp3) is 0.706. The normalized spacial score (nSPS) is 11.5. The van der Waals surface area contributed by atoms with Crippen LogP contribution in [0, 0.1) is 5.41 Å². The van der Waals surface area contributed by atoms with Crippen LogP contribution in [-0.2, 0) is 11.2 Å². The van der Waals surface area contributed by atoms with Gasteiger partial charge in [-0.1, -0.05) is 47.5 Å². The molecule has 0 aromatic carbocycles. The molecule has 1 aromatic rings. The Morgan fingerprint density at radius 3 is 2.14 bits per heavy atom. The van der Waals surface area contributed by atoms with Gasteiger partial charge in [0.2, 0.25) is 11.9 Å². The monoisotopic (exact) mass is 291 g/mol. The molecule has 1 rings (SSSR count). The molecule has 0 radical (unpaired) electrons. The molecule has 21 heavy (non-hydrogen) atoms. The number of hydrogen-bond acceptors (Lipinski definition) is 3. The van der Waals surface area contributed by atoms with Crippen molar-refractivity contribution in [3.63, 3.8) is 0 Å². The van der Waals surface area contributed by atoms with Crippen LogP contribution in [0.5, 0.6) is 0 Å². The number of carbonyl (C=O) groups excluding carboxylic acids is 1. The van der Waals surface area contributed by atoms with Crippen molar-refractivity contribution in [1.29, 1.82) is 0 Å². The largest absolute Gasteiger partial charge is 0.280 e. The highest BCUT2D eigenvalue weighted by molar-refractivity contribution is 5.95. The van der Waals surface area contributed by atoms with Crippen LogP contribution in [0.1, 0.15) is 65.9 Å². The number of rotatable bonds is 7. The van der Waals surface area contributed by atoms with E-state index in [0.29, 0.717) is 12.5 Å². The maximum Gasteiger partial charge on any atom is 0.234 e. The number of carbonyl (C=O) groups is 1. The molecule has 118 valence electrons. The highest BCUT2D eigenvalue weighted by Crippen LogP contribution is 2.21. The van der Waals surface area contributed by atoms with Crippen molar-refractivity contribution < 1.29 is 4.79 Å². The van der Waals surface area contributed by atoms with Crippen LogP contribution in [-0.4, -0.2) is 22.4 Å². The predicted molar refractivity (Wildman–Crippen MR) is 87.4 cm³/mol. The van der Waals surface area contributed by atoms with E-state index in [1.165, 1.54) is 0 Å². The summed E-state index contributed by atoms with van der Waals surface area (Å²) >= 11 is 0. The van der Waals surface area contributed by atoms with Crippen molar-refractivity contribution in [2.45, 2.75) is 66.7 Å². The lowest BCUT2D eigenvalue weighted by Gasteiger charge is -2.27. The highest BCUT2D eigenvalue weighted by atomic mass is 16.2. The Hall–Kier alpha value is -1.45.